The fourth-order valence-electron chi connectivity index (χ4n) is 1.82. The summed E-state index contributed by atoms with van der Waals surface area (Å²) in [5.41, 5.74) is 5.21. The van der Waals surface area contributed by atoms with Crippen molar-refractivity contribution in [2.75, 3.05) is 14.2 Å². The van der Waals surface area contributed by atoms with E-state index < -0.39 is 0 Å². The summed E-state index contributed by atoms with van der Waals surface area (Å²) in [7, 11) is 3.26. The van der Waals surface area contributed by atoms with Gasteiger partial charge in [-0.25, -0.2) is 0 Å². The van der Waals surface area contributed by atoms with Crippen LogP contribution in [-0.4, -0.2) is 20.4 Å². The van der Waals surface area contributed by atoms with Crippen molar-refractivity contribution in [3.05, 3.63) is 57.2 Å². The number of hydrogen-bond donors (Lipinski definition) is 1. The van der Waals surface area contributed by atoms with E-state index in [2.05, 4.69) is 39.2 Å². The minimum atomic E-state index is 0.625. The summed E-state index contributed by atoms with van der Waals surface area (Å²) >= 11 is 2.29. The molecule has 0 radical (unpaired) electrons. The van der Waals surface area contributed by atoms with Crippen LogP contribution in [0.5, 0.6) is 11.5 Å². The van der Waals surface area contributed by atoms with Gasteiger partial charge in [0.1, 0.15) is 0 Å². The Hall–Kier alpha value is -1.76. The third-order valence-electron chi connectivity index (χ3n) is 2.93. The molecule has 0 aliphatic rings. The van der Waals surface area contributed by atoms with E-state index in [4.69, 9.17) is 9.47 Å². The van der Waals surface area contributed by atoms with Gasteiger partial charge >= 0.3 is 0 Å². The van der Waals surface area contributed by atoms with E-state index in [1.807, 2.05) is 42.6 Å². The van der Waals surface area contributed by atoms with Crippen molar-refractivity contribution < 1.29 is 9.47 Å². The molecule has 0 saturated heterocycles. The topological polar surface area (TPSA) is 42.8 Å². The highest BCUT2D eigenvalue weighted by Gasteiger charge is 2.03. The van der Waals surface area contributed by atoms with Gasteiger partial charge in [-0.15, -0.1) is 0 Å². The second-order valence-corrected chi connectivity index (χ2v) is 5.47. The van der Waals surface area contributed by atoms with Crippen LogP contribution in [0.15, 0.2) is 47.6 Å². The zero-order valence-electron chi connectivity index (χ0n) is 12.0. The molecule has 0 spiro atoms. The summed E-state index contributed by atoms with van der Waals surface area (Å²) in [6.45, 7) is 0.625. The normalized spacial score (nSPS) is 10.6. The number of methoxy groups -OCH3 is 2. The molecule has 0 amide bonds. The van der Waals surface area contributed by atoms with Crippen LogP contribution in [0.1, 0.15) is 11.1 Å². The molecule has 0 heterocycles. The molecule has 0 saturated carbocycles. The summed E-state index contributed by atoms with van der Waals surface area (Å²) in [4.78, 5) is 0. The van der Waals surface area contributed by atoms with Gasteiger partial charge in [-0.1, -0.05) is 24.3 Å². The van der Waals surface area contributed by atoms with Crippen LogP contribution in [0.4, 0.5) is 0 Å². The Morgan fingerprint density at radius 2 is 1.86 bits per heavy atom. The van der Waals surface area contributed by atoms with Gasteiger partial charge in [0.2, 0.25) is 0 Å². The quantitative estimate of drug-likeness (QED) is 0.462. The Morgan fingerprint density at radius 3 is 2.57 bits per heavy atom. The second-order valence-electron chi connectivity index (χ2n) is 4.30. The smallest absolute Gasteiger partial charge is 0.161 e. The molecule has 0 aliphatic carbocycles. The number of hydrogen-bond acceptors (Lipinski definition) is 4. The average Bonchev–Trinajstić information content (AvgIpc) is 2.52. The fraction of sp³-hybridized carbons (Fsp3) is 0.188. The van der Waals surface area contributed by atoms with Crippen LogP contribution < -0.4 is 14.9 Å². The van der Waals surface area contributed by atoms with Crippen molar-refractivity contribution in [2.45, 2.75) is 6.54 Å². The van der Waals surface area contributed by atoms with Gasteiger partial charge in [0.25, 0.3) is 0 Å². The zero-order chi connectivity index (χ0) is 15.1. The Balaban J connectivity index is 1.96. The standard InChI is InChI=1S/C16H17IN2O2/c1-20-15-8-7-12(9-16(15)21-2)10-18-19-11-13-5-3-4-6-14(13)17/h3-9,11,18H,10H2,1-2H3/b19-11-. The van der Waals surface area contributed by atoms with Crippen molar-refractivity contribution in [1.29, 1.82) is 0 Å². The van der Waals surface area contributed by atoms with Gasteiger partial charge in [0.15, 0.2) is 11.5 Å². The van der Waals surface area contributed by atoms with Crippen LogP contribution in [0.25, 0.3) is 0 Å². The van der Waals surface area contributed by atoms with Gasteiger partial charge in [-0.05, 0) is 46.4 Å². The minimum Gasteiger partial charge on any atom is -0.493 e. The molecular weight excluding hydrogens is 379 g/mol. The van der Waals surface area contributed by atoms with E-state index in [0.717, 1.165) is 22.6 Å². The lowest BCUT2D eigenvalue weighted by molar-refractivity contribution is 0.354. The lowest BCUT2D eigenvalue weighted by atomic mass is 10.2. The molecule has 2 rings (SSSR count). The molecule has 0 atom stereocenters. The zero-order valence-corrected chi connectivity index (χ0v) is 14.1. The third-order valence-corrected chi connectivity index (χ3v) is 3.91. The maximum Gasteiger partial charge on any atom is 0.161 e. The predicted molar refractivity (Wildman–Crippen MR) is 93.1 cm³/mol. The van der Waals surface area contributed by atoms with Crippen molar-refractivity contribution in [3.63, 3.8) is 0 Å². The number of nitrogens with zero attached hydrogens (tertiary/aromatic N) is 1. The highest BCUT2D eigenvalue weighted by Crippen LogP contribution is 2.27. The van der Waals surface area contributed by atoms with Crippen molar-refractivity contribution in [3.8, 4) is 11.5 Å². The molecule has 0 aromatic heterocycles. The van der Waals surface area contributed by atoms with Crippen LogP contribution in [0, 0.1) is 3.57 Å². The van der Waals surface area contributed by atoms with E-state index in [-0.39, 0.29) is 0 Å². The summed E-state index contributed by atoms with van der Waals surface area (Å²) in [6.07, 6.45) is 1.82. The Labute approximate surface area is 138 Å². The summed E-state index contributed by atoms with van der Waals surface area (Å²) in [5.74, 6) is 1.45. The van der Waals surface area contributed by atoms with Crippen molar-refractivity contribution in [1.82, 2.24) is 5.43 Å². The number of benzene rings is 2. The fourth-order valence-corrected chi connectivity index (χ4v) is 2.35. The Morgan fingerprint density at radius 1 is 1.10 bits per heavy atom. The number of nitrogens with one attached hydrogen (secondary N) is 1. The molecule has 0 fully saturated rings. The van der Waals surface area contributed by atoms with E-state index >= 15 is 0 Å². The molecule has 110 valence electrons. The Bertz CT molecular complexity index is 629. The van der Waals surface area contributed by atoms with Crippen LogP contribution in [0.3, 0.4) is 0 Å². The Kier molecular flexibility index (Phi) is 5.86. The maximum absolute atomic E-state index is 5.28. The summed E-state index contributed by atoms with van der Waals surface area (Å²) < 4.78 is 11.7. The van der Waals surface area contributed by atoms with E-state index in [1.54, 1.807) is 14.2 Å². The lowest BCUT2D eigenvalue weighted by Gasteiger charge is -2.09. The molecule has 4 nitrogen and oxygen atoms in total. The predicted octanol–water partition coefficient (Wildman–Crippen LogP) is 3.43. The van der Waals surface area contributed by atoms with Crippen LogP contribution in [-0.2, 0) is 6.54 Å². The molecule has 0 aliphatic heterocycles. The third kappa shape index (κ3) is 4.35. The van der Waals surface area contributed by atoms with E-state index in [1.165, 1.54) is 3.57 Å². The SMILES string of the molecule is COc1ccc(CN/N=C\c2ccccc2I)cc1OC. The molecule has 0 unspecified atom stereocenters. The largest absolute Gasteiger partial charge is 0.493 e. The first-order valence-corrected chi connectivity index (χ1v) is 7.54. The second kappa shape index (κ2) is 7.87. The molecule has 5 heteroatoms. The number of ether oxygens (including phenoxy) is 2. The number of rotatable bonds is 6. The molecule has 21 heavy (non-hydrogen) atoms. The van der Waals surface area contributed by atoms with Gasteiger partial charge < -0.3 is 14.9 Å². The molecule has 0 bridgehead atoms. The number of halogens is 1. The highest BCUT2D eigenvalue weighted by molar-refractivity contribution is 14.1. The molecule has 1 N–H and O–H groups in total. The minimum absolute atomic E-state index is 0.625. The van der Waals surface area contributed by atoms with Gasteiger partial charge in [0.05, 0.1) is 27.0 Å². The van der Waals surface area contributed by atoms with E-state index in [0.29, 0.717) is 6.54 Å². The highest BCUT2D eigenvalue weighted by atomic mass is 127. The molecule has 2 aromatic carbocycles. The van der Waals surface area contributed by atoms with Gasteiger partial charge in [-0.3, -0.25) is 0 Å². The van der Waals surface area contributed by atoms with Crippen molar-refractivity contribution in [2.24, 2.45) is 5.10 Å². The summed E-state index contributed by atoms with van der Waals surface area (Å²) in [5, 5.41) is 4.24. The molecular formula is C16H17IN2O2. The first kappa shape index (κ1) is 15.6. The van der Waals surface area contributed by atoms with Crippen LogP contribution in [0.2, 0.25) is 0 Å². The van der Waals surface area contributed by atoms with E-state index in [9.17, 15) is 0 Å². The van der Waals surface area contributed by atoms with Gasteiger partial charge in [-0.2, -0.15) is 5.10 Å². The first-order chi connectivity index (χ1) is 10.2. The summed E-state index contributed by atoms with van der Waals surface area (Å²) in [6, 6.07) is 13.9. The first-order valence-electron chi connectivity index (χ1n) is 6.46. The molecule has 2 aromatic rings. The maximum atomic E-state index is 5.28. The van der Waals surface area contributed by atoms with Crippen molar-refractivity contribution >= 4 is 28.8 Å². The lowest BCUT2D eigenvalue weighted by Crippen LogP contribution is -2.06. The van der Waals surface area contributed by atoms with Gasteiger partial charge in [0, 0.05) is 9.13 Å². The average molecular weight is 396 g/mol. The number of hydrazone groups is 1. The van der Waals surface area contributed by atoms with Crippen LogP contribution >= 0.6 is 22.6 Å². The monoisotopic (exact) mass is 396 g/mol.